The molecule has 1 aliphatic heterocycles. The van der Waals surface area contributed by atoms with Crippen molar-refractivity contribution < 1.29 is 19.2 Å². The number of aliphatic hydroxyl groups is 1. The molecule has 2 amide bonds. The Kier molecular flexibility index (Phi) is 4.61. The van der Waals surface area contributed by atoms with Crippen LogP contribution in [0.2, 0.25) is 5.02 Å². The summed E-state index contributed by atoms with van der Waals surface area (Å²) in [4.78, 5) is 25.0. The second kappa shape index (κ2) is 6.70. The lowest BCUT2D eigenvalue weighted by atomic mass is 9.94. The van der Waals surface area contributed by atoms with Gasteiger partial charge in [0.25, 0.3) is 5.91 Å². The summed E-state index contributed by atoms with van der Waals surface area (Å²) in [5.41, 5.74) is -0.295. The van der Waals surface area contributed by atoms with Gasteiger partial charge in [-0.1, -0.05) is 23.3 Å². The number of nitrogens with one attached hydrogen (secondary N) is 1. The van der Waals surface area contributed by atoms with Crippen molar-refractivity contribution in [2.75, 3.05) is 19.6 Å². The number of hydrogen-bond donors (Lipinski definition) is 2. The van der Waals surface area contributed by atoms with Crippen LogP contribution in [-0.4, -0.2) is 52.2 Å². The number of halogens is 1. The number of carbonyl (C=O) groups is 2. The van der Waals surface area contributed by atoms with Crippen LogP contribution in [0.15, 0.2) is 47.5 Å². The molecule has 1 fully saturated rings. The summed E-state index contributed by atoms with van der Waals surface area (Å²) in [5.74, 6) is -0.280. The van der Waals surface area contributed by atoms with Crippen molar-refractivity contribution in [1.29, 1.82) is 0 Å². The van der Waals surface area contributed by atoms with Gasteiger partial charge in [0.1, 0.15) is 5.60 Å². The number of carbonyl (C=O) groups excluding carboxylic acids is 2. The predicted octanol–water partition coefficient (Wildman–Crippen LogP) is 1.48. The van der Waals surface area contributed by atoms with Gasteiger partial charge in [-0.25, -0.2) is 0 Å². The van der Waals surface area contributed by atoms with E-state index in [0.29, 0.717) is 10.8 Å². The zero-order valence-corrected chi connectivity index (χ0v) is 14.0. The molecule has 25 heavy (non-hydrogen) atoms. The molecule has 2 N–H and O–H groups in total. The minimum Gasteiger partial charge on any atom is -0.384 e. The lowest BCUT2D eigenvalue weighted by Crippen LogP contribution is -2.67. The SMILES string of the molecule is C=CC(=O)N1CC(O)(CNC(=O)c2cc(-c3ccc(Cl)cc3)on2)C1. The first-order chi connectivity index (χ1) is 11.9. The van der Waals surface area contributed by atoms with E-state index in [1.165, 1.54) is 17.0 Å². The summed E-state index contributed by atoms with van der Waals surface area (Å²) in [6.07, 6.45) is 1.19. The Morgan fingerprint density at radius 1 is 1.40 bits per heavy atom. The molecular formula is C17H16ClN3O4. The standard InChI is InChI=1S/C17H16ClN3O4/c1-2-15(22)21-9-17(24,10-21)8-19-16(23)13-7-14(25-20-13)11-3-5-12(18)6-4-11/h2-7,24H,1,8-10H2,(H,19,23). The van der Waals surface area contributed by atoms with Gasteiger partial charge in [0.2, 0.25) is 5.91 Å². The topological polar surface area (TPSA) is 95.7 Å². The molecule has 1 aliphatic rings. The molecule has 2 aromatic rings. The van der Waals surface area contributed by atoms with Crippen LogP contribution in [0, 0.1) is 0 Å². The van der Waals surface area contributed by atoms with Crippen LogP contribution >= 0.6 is 11.6 Å². The number of benzene rings is 1. The minimum atomic E-state index is -1.14. The highest BCUT2D eigenvalue weighted by Crippen LogP contribution is 2.23. The average Bonchev–Trinajstić information content (AvgIpc) is 3.07. The Morgan fingerprint density at radius 2 is 2.08 bits per heavy atom. The van der Waals surface area contributed by atoms with Gasteiger partial charge < -0.3 is 19.8 Å². The summed E-state index contributed by atoms with van der Waals surface area (Å²) in [5, 5.41) is 17.2. The summed E-state index contributed by atoms with van der Waals surface area (Å²) in [6, 6.07) is 8.44. The van der Waals surface area contributed by atoms with Crippen LogP contribution in [0.1, 0.15) is 10.5 Å². The smallest absolute Gasteiger partial charge is 0.273 e. The highest BCUT2D eigenvalue weighted by Gasteiger charge is 2.43. The normalized spacial score (nSPS) is 15.4. The van der Waals surface area contributed by atoms with E-state index in [1.807, 2.05) is 0 Å². The third-order valence-electron chi connectivity index (χ3n) is 3.91. The summed E-state index contributed by atoms with van der Waals surface area (Å²) in [7, 11) is 0. The number of rotatable bonds is 5. The molecule has 7 nitrogen and oxygen atoms in total. The summed E-state index contributed by atoms with van der Waals surface area (Å²) < 4.78 is 5.17. The number of amides is 2. The monoisotopic (exact) mass is 361 g/mol. The zero-order valence-electron chi connectivity index (χ0n) is 13.2. The molecule has 0 spiro atoms. The minimum absolute atomic E-state index is 0.00982. The van der Waals surface area contributed by atoms with Crippen LogP contribution < -0.4 is 5.32 Å². The molecule has 8 heteroatoms. The van der Waals surface area contributed by atoms with Crippen molar-refractivity contribution in [2.24, 2.45) is 0 Å². The Labute approximate surface area is 148 Å². The number of nitrogens with zero attached hydrogens (tertiary/aromatic N) is 2. The first-order valence-corrected chi connectivity index (χ1v) is 7.93. The third-order valence-corrected chi connectivity index (χ3v) is 4.16. The fourth-order valence-electron chi connectivity index (χ4n) is 2.53. The maximum Gasteiger partial charge on any atom is 0.273 e. The number of β-amino-alcohol motifs (C(OH)–C–C–N with tert-alkyl or cyclic N) is 1. The fraction of sp³-hybridized carbons (Fsp3) is 0.235. The molecule has 1 aromatic heterocycles. The van der Waals surface area contributed by atoms with E-state index in [-0.39, 0.29) is 31.2 Å². The Balaban J connectivity index is 1.57. The molecular weight excluding hydrogens is 346 g/mol. The fourth-order valence-corrected chi connectivity index (χ4v) is 2.65. The second-order valence-corrected chi connectivity index (χ2v) is 6.33. The van der Waals surface area contributed by atoms with Gasteiger partial charge in [-0.2, -0.15) is 0 Å². The quantitative estimate of drug-likeness (QED) is 0.786. The first-order valence-electron chi connectivity index (χ1n) is 7.55. The first kappa shape index (κ1) is 17.2. The summed E-state index contributed by atoms with van der Waals surface area (Å²) in [6.45, 7) is 3.69. The van der Waals surface area contributed by atoms with Crippen LogP contribution in [0.3, 0.4) is 0 Å². The highest BCUT2D eigenvalue weighted by atomic mass is 35.5. The van der Waals surface area contributed by atoms with Crippen molar-refractivity contribution >= 4 is 23.4 Å². The van der Waals surface area contributed by atoms with Crippen molar-refractivity contribution in [3.8, 4) is 11.3 Å². The van der Waals surface area contributed by atoms with Gasteiger partial charge in [-0.15, -0.1) is 0 Å². The molecule has 0 bridgehead atoms. The van der Waals surface area contributed by atoms with E-state index < -0.39 is 11.5 Å². The molecule has 1 aromatic carbocycles. The molecule has 130 valence electrons. The molecule has 0 radical (unpaired) electrons. The van der Waals surface area contributed by atoms with Crippen LogP contribution in [0.4, 0.5) is 0 Å². The van der Waals surface area contributed by atoms with Crippen LogP contribution in [-0.2, 0) is 4.79 Å². The van der Waals surface area contributed by atoms with Gasteiger partial charge in [0.15, 0.2) is 11.5 Å². The van der Waals surface area contributed by atoms with Gasteiger partial charge in [-0.05, 0) is 30.3 Å². The molecule has 0 atom stereocenters. The largest absolute Gasteiger partial charge is 0.384 e. The molecule has 0 saturated carbocycles. The van der Waals surface area contributed by atoms with Crippen molar-refractivity contribution in [3.63, 3.8) is 0 Å². The van der Waals surface area contributed by atoms with Gasteiger partial charge in [0.05, 0.1) is 19.6 Å². The van der Waals surface area contributed by atoms with Crippen molar-refractivity contribution in [3.05, 3.63) is 53.7 Å². The van der Waals surface area contributed by atoms with E-state index >= 15 is 0 Å². The van der Waals surface area contributed by atoms with Crippen LogP contribution in [0.5, 0.6) is 0 Å². The van der Waals surface area contributed by atoms with Crippen LogP contribution in [0.25, 0.3) is 11.3 Å². The average molecular weight is 362 g/mol. The maximum absolute atomic E-state index is 12.1. The number of likely N-dealkylation sites (tertiary alicyclic amines) is 1. The van der Waals surface area contributed by atoms with Gasteiger partial charge >= 0.3 is 0 Å². The molecule has 0 aliphatic carbocycles. The van der Waals surface area contributed by atoms with E-state index in [4.69, 9.17) is 16.1 Å². The molecule has 3 rings (SSSR count). The Hall–Kier alpha value is -2.64. The molecule has 0 unspecified atom stereocenters. The summed E-state index contributed by atoms with van der Waals surface area (Å²) >= 11 is 5.83. The van der Waals surface area contributed by atoms with E-state index in [0.717, 1.165) is 5.56 Å². The Bertz CT molecular complexity index is 810. The maximum atomic E-state index is 12.1. The second-order valence-electron chi connectivity index (χ2n) is 5.89. The lowest BCUT2D eigenvalue weighted by molar-refractivity contribution is -0.148. The van der Waals surface area contributed by atoms with Crippen molar-refractivity contribution in [2.45, 2.75) is 5.60 Å². The third kappa shape index (κ3) is 3.72. The zero-order chi connectivity index (χ0) is 18.0. The predicted molar refractivity (Wildman–Crippen MR) is 91.0 cm³/mol. The van der Waals surface area contributed by atoms with E-state index in [2.05, 4.69) is 17.1 Å². The van der Waals surface area contributed by atoms with Gasteiger partial charge in [0, 0.05) is 16.7 Å². The number of aromatic nitrogens is 1. The van der Waals surface area contributed by atoms with Gasteiger partial charge in [-0.3, -0.25) is 9.59 Å². The number of hydrogen-bond acceptors (Lipinski definition) is 5. The van der Waals surface area contributed by atoms with E-state index in [1.54, 1.807) is 24.3 Å². The molecule has 2 heterocycles. The van der Waals surface area contributed by atoms with E-state index in [9.17, 15) is 14.7 Å². The molecule has 1 saturated heterocycles. The highest BCUT2D eigenvalue weighted by molar-refractivity contribution is 6.30. The lowest BCUT2D eigenvalue weighted by Gasteiger charge is -2.45. The Morgan fingerprint density at radius 3 is 2.72 bits per heavy atom. The van der Waals surface area contributed by atoms with Crippen molar-refractivity contribution in [1.82, 2.24) is 15.4 Å².